The number of hydrogen-bond donors (Lipinski definition) is 1. The first-order valence-electron chi connectivity index (χ1n) is 15.2. The number of ether oxygens (including phenoxy) is 1. The average molecular weight is 635 g/mol. The minimum atomic E-state index is -3.03. The lowest BCUT2D eigenvalue weighted by Crippen LogP contribution is -2.68. The van der Waals surface area contributed by atoms with E-state index in [0.29, 0.717) is 28.7 Å². The van der Waals surface area contributed by atoms with Crippen molar-refractivity contribution in [3.8, 4) is 0 Å². The Kier molecular flexibility index (Phi) is 7.52. The summed E-state index contributed by atoms with van der Waals surface area (Å²) in [6, 6.07) is 27.3. The quantitative estimate of drug-likeness (QED) is 0.199. The Morgan fingerprint density at radius 1 is 0.870 bits per heavy atom. The molecule has 1 fully saturated rings. The van der Waals surface area contributed by atoms with Gasteiger partial charge in [-0.2, -0.15) is 0 Å². The number of imide groups is 1. The van der Waals surface area contributed by atoms with Crippen LogP contribution in [0.4, 0.5) is 5.82 Å². The molecule has 46 heavy (non-hydrogen) atoms. The van der Waals surface area contributed by atoms with Gasteiger partial charge in [0.2, 0.25) is 0 Å². The van der Waals surface area contributed by atoms with Crippen LogP contribution in [0, 0.1) is 0 Å². The van der Waals surface area contributed by atoms with Crippen molar-refractivity contribution in [1.29, 1.82) is 0 Å². The van der Waals surface area contributed by atoms with Crippen molar-refractivity contribution in [3.05, 3.63) is 109 Å². The molecule has 2 aromatic heterocycles. The summed E-state index contributed by atoms with van der Waals surface area (Å²) in [5.74, 6) is -0.743. The van der Waals surface area contributed by atoms with Gasteiger partial charge in [0.05, 0.1) is 23.6 Å². The number of nitrogens with zero attached hydrogens (tertiary/aromatic N) is 5. The predicted octanol–water partition coefficient (Wildman–Crippen LogP) is 3.87. The molecule has 3 aromatic carbocycles. The summed E-state index contributed by atoms with van der Waals surface area (Å²) in [5, 5.41) is 2.75. The molecule has 5 aromatic rings. The first-order chi connectivity index (χ1) is 22.2. The van der Waals surface area contributed by atoms with Crippen LogP contribution >= 0.6 is 0 Å². The monoisotopic (exact) mass is 634 g/mol. The number of fused-ring (bicyclic) bond motifs is 2. The molecule has 2 aliphatic rings. The van der Waals surface area contributed by atoms with Gasteiger partial charge in [-0.25, -0.2) is 15.0 Å². The van der Waals surface area contributed by atoms with Gasteiger partial charge in [0.15, 0.2) is 11.5 Å². The Balaban J connectivity index is 1.27. The molecule has 3 atom stereocenters. The van der Waals surface area contributed by atoms with Gasteiger partial charge in [0.25, 0.3) is 20.1 Å². The van der Waals surface area contributed by atoms with Gasteiger partial charge in [-0.15, -0.1) is 5.06 Å². The summed E-state index contributed by atoms with van der Waals surface area (Å²) in [5.41, 5.74) is 7.70. The average Bonchev–Trinajstić information content (AvgIpc) is 3.74. The summed E-state index contributed by atoms with van der Waals surface area (Å²) < 4.78 is 16.0. The number of amides is 2. The molecule has 2 N–H and O–H groups in total. The maximum atomic E-state index is 13.1. The Hall–Kier alpha value is -4.75. The Morgan fingerprint density at radius 2 is 1.46 bits per heavy atom. The van der Waals surface area contributed by atoms with Gasteiger partial charge in [0.1, 0.15) is 30.8 Å². The number of aromatic nitrogens is 4. The number of anilines is 1. The number of hydroxylamine groups is 2. The first-order valence-corrected chi connectivity index (χ1v) is 17.1. The van der Waals surface area contributed by atoms with E-state index in [9.17, 15) is 9.59 Å². The molecule has 1 saturated heterocycles. The van der Waals surface area contributed by atoms with Gasteiger partial charge < -0.3 is 14.9 Å². The summed E-state index contributed by atoms with van der Waals surface area (Å²) in [6.07, 6.45) is 1.75. The smallest absolute Gasteiger partial charge is 0.285 e. The number of carbonyl (C=O) groups excluding carboxylic acids is 2. The van der Waals surface area contributed by atoms with E-state index in [4.69, 9.17) is 19.7 Å². The zero-order valence-corrected chi connectivity index (χ0v) is 26.7. The molecule has 12 heteroatoms. The molecular weight excluding hydrogens is 600 g/mol. The lowest BCUT2D eigenvalue weighted by atomic mass is 10.1. The second-order valence-corrected chi connectivity index (χ2v) is 16.8. The number of nitrogen functional groups attached to an aromatic ring is 1. The molecule has 11 nitrogen and oxygen atoms in total. The third-order valence-corrected chi connectivity index (χ3v) is 13.8. The summed E-state index contributed by atoms with van der Waals surface area (Å²) in [7, 11) is -3.03. The van der Waals surface area contributed by atoms with E-state index in [1.54, 1.807) is 30.6 Å². The topological polar surface area (TPSA) is 135 Å². The molecule has 0 aliphatic carbocycles. The van der Waals surface area contributed by atoms with Crippen molar-refractivity contribution in [2.24, 2.45) is 0 Å². The highest BCUT2D eigenvalue weighted by Crippen LogP contribution is 2.42. The standard InChI is InChI=1S/C34H34N6O5Si/c1-34(2,3)46(22-12-6-4-7-13-22,23-14-8-5-9-15-23)45-26-18-28(39-21-38-29-30(35)36-20-37-31(29)39)44-27(26)19-43-40-32(41)24-16-10-11-17-25(24)33(40)42/h4-17,20-21,26-28H,18-19H2,1-3H3,(H2,35,36,37)/t26?,27-,28-/m1/s1. The zero-order valence-electron chi connectivity index (χ0n) is 25.7. The predicted molar refractivity (Wildman–Crippen MR) is 174 cm³/mol. The van der Waals surface area contributed by atoms with Crippen LogP contribution in [-0.4, -0.2) is 63.5 Å². The Labute approximate surface area is 267 Å². The SMILES string of the molecule is CC(C)(C)[Si](OC1C[C@H](n2cnc3c(N)ncnc32)O[C@@H]1CON1C(=O)c2ccccc2C1=O)(c1ccccc1)c1ccccc1. The number of imidazole rings is 1. The van der Waals surface area contributed by atoms with Crippen LogP contribution in [0.25, 0.3) is 11.2 Å². The molecule has 2 aliphatic heterocycles. The highest BCUT2D eigenvalue weighted by atomic mass is 28.4. The van der Waals surface area contributed by atoms with Crippen LogP contribution in [0.15, 0.2) is 97.6 Å². The molecule has 0 saturated carbocycles. The fraction of sp³-hybridized carbons (Fsp3) is 0.265. The van der Waals surface area contributed by atoms with Crippen molar-refractivity contribution in [2.75, 3.05) is 12.3 Å². The maximum absolute atomic E-state index is 13.1. The van der Waals surface area contributed by atoms with Gasteiger partial charge in [-0.3, -0.25) is 19.0 Å². The maximum Gasteiger partial charge on any atom is 0.285 e. The lowest BCUT2D eigenvalue weighted by Gasteiger charge is -2.45. The minimum Gasteiger partial charge on any atom is -0.402 e. The normalized spacial score (nSPS) is 20.1. The molecule has 7 rings (SSSR count). The van der Waals surface area contributed by atoms with Crippen molar-refractivity contribution >= 4 is 47.5 Å². The Morgan fingerprint density at radius 3 is 2.04 bits per heavy atom. The van der Waals surface area contributed by atoms with Crippen molar-refractivity contribution in [1.82, 2.24) is 24.6 Å². The highest BCUT2D eigenvalue weighted by molar-refractivity contribution is 6.99. The fourth-order valence-electron chi connectivity index (χ4n) is 6.58. The number of nitrogens with two attached hydrogens (primary N) is 1. The number of hydrogen-bond acceptors (Lipinski definition) is 9. The van der Waals surface area contributed by atoms with Crippen LogP contribution in [0.3, 0.4) is 0 Å². The third-order valence-electron chi connectivity index (χ3n) is 8.75. The molecule has 1 unspecified atom stereocenters. The van der Waals surface area contributed by atoms with E-state index in [-0.39, 0.29) is 17.5 Å². The van der Waals surface area contributed by atoms with Crippen molar-refractivity contribution in [2.45, 2.75) is 50.7 Å². The summed E-state index contributed by atoms with van der Waals surface area (Å²) >= 11 is 0. The molecule has 0 spiro atoms. The van der Waals surface area contributed by atoms with Crippen LogP contribution < -0.4 is 16.1 Å². The van der Waals surface area contributed by atoms with Gasteiger partial charge >= 0.3 is 0 Å². The van der Waals surface area contributed by atoms with E-state index >= 15 is 0 Å². The second-order valence-electron chi connectivity index (χ2n) is 12.5. The van der Waals surface area contributed by atoms with E-state index in [2.05, 4.69) is 60.0 Å². The minimum absolute atomic E-state index is 0.103. The first kappa shape index (κ1) is 29.9. The molecule has 0 radical (unpaired) electrons. The van der Waals surface area contributed by atoms with Crippen LogP contribution in [0.5, 0.6) is 0 Å². The zero-order chi connectivity index (χ0) is 32.1. The van der Waals surface area contributed by atoms with Crippen LogP contribution in [0.2, 0.25) is 5.04 Å². The van der Waals surface area contributed by atoms with E-state index in [1.807, 2.05) is 41.0 Å². The molecule has 2 amide bonds. The highest BCUT2D eigenvalue weighted by Gasteiger charge is 2.54. The summed E-state index contributed by atoms with van der Waals surface area (Å²) in [4.78, 5) is 45.2. The largest absolute Gasteiger partial charge is 0.402 e. The van der Waals surface area contributed by atoms with E-state index in [1.165, 1.54) is 6.33 Å². The van der Waals surface area contributed by atoms with Crippen LogP contribution in [-0.2, 0) is 14.0 Å². The number of rotatable bonds is 8. The van der Waals surface area contributed by atoms with Gasteiger partial charge in [-0.05, 0) is 27.5 Å². The summed E-state index contributed by atoms with van der Waals surface area (Å²) in [6.45, 7) is 6.52. The van der Waals surface area contributed by atoms with Gasteiger partial charge in [-0.1, -0.05) is 93.6 Å². The van der Waals surface area contributed by atoms with E-state index < -0.39 is 38.6 Å². The molecule has 4 heterocycles. The van der Waals surface area contributed by atoms with E-state index in [0.717, 1.165) is 15.4 Å². The fourth-order valence-corrected chi connectivity index (χ4v) is 11.3. The van der Waals surface area contributed by atoms with Crippen LogP contribution in [0.1, 0.15) is 54.1 Å². The molecular formula is C34H34N6O5Si. The second kappa shape index (κ2) is 11.6. The molecule has 0 bridgehead atoms. The van der Waals surface area contributed by atoms with Gasteiger partial charge in [0, 0.05) is 6.42 Å². The lowest BCUT2D eigenvalue weighted by molar-refractivity contribution is -0.139. The Bertz CT molecular complexity index is 1840. The van der Waals surface area contributed by atoms with Crippen molar-refractivity contribution in [3.63, 3.8) is 0 Å². The third kappa shape index (κ3) is 4.90. The van der Waals surface area contributed by atoms with Crippen molar-refractivity contribution < 1.29 is 23.6 Å². The number of benzene rings is 3. The molecule has 234 valence electrons. The number of carbonyl (C=O) groups is 2.